The molecule has 11 heteroatoms. The maximum Gasteiger partial charge on any atom is 0.253 e. The smallest absolute Gasteiger partial charge is 0.253 e. The van der Waals surface area contributed by atoms with E-state index in [0.29, 0.717) is 42.6 Å². The van der Waals surface area contributed by atoms with E-state index in [1.165, 1.54) is 27.0 Å². The molecule has 178 valence electrons. The van der Waals surface area contributed by atoms with E-state index in [9.17, 15) is 13.2 Å². The number of carbonyl (C=O) groups is 1. The van der Waals surface area contributed by atoms with Crippen LogP contribution in [0.5, 0.6) is 0 Å². The minimum Gasteiger partial charge on any atom is -0.302 e. The molecule has 1 aliphatic heterocycles. The van der Waals surface area contributed by atoms with Crippen molar-refractivity contribution >= 4 is 65.6 Å². The Kier molecular flexibility index (Phi) is 7.72. The molecular formula is C22H27ClN4O3S3. The lowest BCUT2D eigenvalue weighted by Crippen LogP contribution is -2.49. The van der Waals surface area contributed by atoms with E-state index >= 15 is 0 Å². The highest BCUT2D eigenvalue weighted by Gasteiger charge is 2.42. The second-order valence-corrected chi connectivity index (χ2v) is 12.3. The molecule has 1 unspecified atom stereocenters. The molecular weight excluding hydrogens is 500 g/mol. The Balaban J connectivity index is 1.67. The average molecular weight is 527 g/mol. The fourth-order valence-electron chi connectivity index (χ4n) is 4.06. The van der Waals surface area contributed by atoms with Crippen LogP contribution < -0.4 is 4.90 Å². The number of aromatic nitrogens is 1. The number of hydrogen-bond acceptors (Lipinski definition) is 7. The maximum absolute atomic E-state index is 13.9. The summed E-state index contributed by atoms with van der Waals surface area (Å²) in [7, 11) is -3.72. The standard InChI is InChI=1S/C22H27ClN4O3S3/c1-3-25(4-2)12-13-26(22-24-17-10-9-16(23)15-19(17)32-22)21(28)18-7-5-11-27(18)33(29,30)20-8-6-14-31-20/h6,8-10,14-15,18H,3-5,7,11-13H2,1-2H3. The van der Waals surface area contributed by atoms with Crippen LogP contribution in [0.1, 0.15) is 26.7 Å². The Labute approximate surface area is 207 Å². The second-order valence-electron chi connectivity index (χ2n) is 7.83. The topological polar surface area (TPSA) is 73.8 Å². The number of hydrogen-bond donors (Lipinski definition) is 0. The number of carbonyl (C=O) groups excluding carboxylic acids is 1. The van der Waals surface area contributed by atoms with Gasteiger partial charge in [-0.15, -0.1) is 11.3 Å². The van der Waals surface area contributed by atoms with Gasteiger partial charge in [-0.3, -0.25) is 9.69 Å². The molecule has 1 atom stereocenters. The zero-order valence-electron chi connectivity index (χ0n) is 18.6. The minimum absolute atomic E-state index is 0.218. The summed E-state index contributed by atoms with van der Waals surface area (Å²) in [4.78, 5) is 22.5. The van der Waals surface area contributed by atoms with Crippen LogP contribution in [0.4, 0.5) is 5.13 Å². The first-order valence-corrected chi connectivity index (χ1v) is 14.5. The summed E-state index contributed by atoms with van der Waals surface area (Å²) in [6, 6.07) is 8.04. The molecule has 0 bridgehead atoms. The van der Waals surface area contributed by atoms with E-state index in [1.54, 1.807) is 28.5 Å². The molecule has 7 nitrogen and oxygen atoms in total. The van der Waals surface area contributed by atoms with Crippen molar-refractivity contribution in [3.05, 3.63) is 40.7 Å². The highest BCUT2D eigenvalue weighted by Crippen LogP contribution is 2.34. The number of amides is 1. The van der Waals surface area contributed by atoms with Crippen LogP contribution >= 0.6 is 34.3 Å². The molecule has 1 saturated heterocycles. The highest BCUT2D eigenvalue weighted by molar-refractivity contribution is 7.91. The molecule has 4 rings (SSSR count). The fourth-order valence-corrected chi connectivity index (χ4v) is 8.11. The number of nitrogens with zero attached hydrogens (tertiary/aromatic N) is 4. The van der Waals surface area contributed by atoms with Gasteiger partial charge in [0.15, 0.2) is 5.13 Å². The molecule has 0 radical (unpaired) electrons. The van der Waals surface area contributed by atoms with Gasteiger partial charge < -0.3 is 4.90 Å². The number of anilines is 1. The lowest BCUT2D eigenvalue weighted by Gasteiger charge is -2.29. The molecule has 1 aromatic carbocycles. The predicted molar refractivity (Wildman–Crippen MR) is 136 cm³/mol. The summed E-state index contributed by atoms with van der Waals surface area (Å²) in [5.74, 6) is -0.218. The molecule has 0 N–H and O–H groups in total. The van der Waals surface area contributed by atoms with Gasteiger partial charge in [0, 0.05) is 24.7 Å². The normalized spacial score (nSPS) is 17.3. The number of rotatable bonds is 9. The van der Waals surface area contributed by atoms with Crippen molar-refractivity contribution in [2.75, 3.05) is 37.6 Å². The number of halogens is 1. The molecule has 1 aliphatic rings. The van der Waals surface area contributed by atoms with Crippen LogP contribution in [0.3, 0.4) is 0 Å². The second kappa shape index (κ2) is 10.4. The van der Waals surface area contributed by atoms with Gasteiger partial charge in [0.25, 0.3) is 10.0 Å². The van der Waals surface area contributed by atoms with E-state index in [1.807, 2.05) is 12.1 Å². The molecule has 0 spiro atoms. The number of thiophene rings is 1. The first-order valence-electron chi connectivity index (χ1n) is 11.0. The largest absolute Gasteiger partial charge is 0.302 e. The first kappa shape index (κ1) is 24.6. The third-order valence-electron chi connectivity index (χ3n) is 5.92. The van der Waals surface area contributed by atoms with Crippen molar-refractivity contribution in [1.29, 1.82) is 0 Å². The Bertz CT molecular complexity index is 1210. The van der Waals surface area contributed by atoms with Crippen molar-refractivity contribution in [3.63, 3.8) is 0 Å². The Hall–Kier alpha value is -1.56. The van der Waals surface area contributed by atoms with Gasteiger partial charge in [-0.05, 0) is 55.6 Å². The van der Waals surface area contributed by atoms with Gasteiger partial charge in [0.05, 0.1) is 10.2 Å². The summed E-state index contributed by atoms with van der Waals surface area (Å²) >= 11 is 8.73. The van der Waals surface area contributed by atoms with E-state index in [4.69, 9.17) is 16.6 Å². The van der Waals surface area contributed by atoms with Gasteiger partial charge in [0.2, 0.25) is 5.91 Å². The van der Waals surface area contributed by atoms with Crippen LogP contribution in [-0.2, 0) is 14.8 Å². The van der Waals surface area contributed by atoms with Gasteiger partial charge >= 0.3 is 0 Å². The zero-order chi connectivity index (χ0) is 23.6. The first-order chi connectivity index (χ1) is 15.8. The minimum atomic E-state index is -3.72. The quantitative estimate of drug-likeness (QED) is 0.409. The van der Waals surface area contributed by atoms with Crippen LogP contribution in [0.25, 0.3) is 10.2 Å². The van der Waals surface area contributed by atoms with Gasteiger partial charge in [-0.2, -0.15) is 4.31 Å². The maximum atomic E-state index is 13.9. The van der Waals surface area contributed by atoms with Crippen LogP contribution in [0, 0.1) is 0 Å². The molecule has 3 heterocycles. The summed E-state index contributed by atoms with van der Waals surface area (Å²) in [6.07, 6.45) is 1.16. The molecule has 0 saturated carbocycles. The van der Waals surface area contributed by atoms with Gasteiger partial charge in [-0.1, -0.05) is 42.9 Å². The number of benzene rings is 1. The van der Waals surface area contributed by atoms with Crippen molar-refractivity contribution in [3.8, 4) is 0 Å². The van der Waals surface area contributed by atoms with E-state index in [2.05, 4.69) is 18.7 Å². The van der Waals surface area contributed by atoms with Crippen LogP contribution in [0.2, 0.25) is 5.02 Å². The van der Waals surface area contributed by atoms with E-state index in [-0.39, 0.29) is 10.1 Å². The zero-order valence-corrected chi connectivity index (χ0v) is 21.8. The molecule has 1 amide bonds. The molecule has 2 aromatic heterocycles. The fraction of sp³-hybridized carbons (Fsp3) is 0.455. The number of likely N-dealkylation sites (N-methyl/N-ethyl adjacent to an activating group) is 1. The average Bonchev–Trinajstić information content (AvgIpc) is 3.56. The Morgan fingerprint density at radius 1 is 1.24 bits per heavy atom. The number of thiazole rings is 1. The Morgan fingerprint density at radius 3 is 2.73 bits per heavy atom. The highest BCUT2D eigenvalue weighted by atomic mass is 35.5. The van der Waals surface area contributed by atoms with Crippen LogP contribution in [0.15, 0.2) is 39.9 Å². The molecule has 1 fully saturated rings. The van der Waals surface area contributed by atoms with E-state index < -0.39 is 16.1 Å². The van der Waals surface area contributed by atoms with Crippen LogP contribution in [-0.4, -0.2) is 67.3 Å². The summed E-state index contributed by atoms with van der Waals surface area (Å²) in [5, 5.41) is 2.93. The predicted octanol–water partition coefficient (Wildman–Crippen LogP) is 4.54. The third kappa shape index (κ3) is 5.11. The SMILES string of the molecule is CCN(CC)CCN(C(=O)C1CCCN1S(=O)(=O)c1cccs1)c1nc2ccc(Cl)cc2s1. The summed E-state index contributed by atoms with van der Waals surface area (Å²) in [6.45, 7) is 7.38. The van der Waals surface area contributed by atoms with E-state index in [0.717, 1.165) is 23.3 Å². The lowest BCUT2D eigenvalue weighted by molar-refractivity contribution is -0.121. The molecule has 33 heavy (non-hydrogen) atoms. The van der Waals surface area contributed by atoms with Crippen molar-refractivity contribution in [2.45, 2.75) is 36.9 Å². The van der Waals surface area contributed by atoms with Gasteiger partial charge in [0.1, 0.15) is 10.3 Å². The lowest BCUT2D eigenvalue weighted by atomic mass is 10.2. The number of fused-ring (bicyclic) bond motifs is 1. The van der Waals surface area contributed by atoms with Crippen molar-refractivity contribution in [2.24, 2.45) is 0 Å². The number of sulfonamides is 1. The molecule has 0 aliphatic carbocycles. The molecule has 3 aromatic rings. The Morgan fingerprint density at radius 2 is 2.03 bits per heavy atom. The summed E-state index contributed by atoms with van der Waals surface area (Å²) < 4.78 is 29.0. The monoisotopic (exact) mass is 526 g/mol. The van der Waals surface area contributed by atoms with Crippen molar-refractivity contribution < 1.29 is 13.2 Å². The summed E-state index contributed by atoms with van der Waals surface area (Å²) in [5.41, 5.74) is 0.773. The third-order valence-corrected chi connectivity index (χ3v) is 10.5. The van der Waals surface area contributed by atoms with Gasteiger partial charge in [-0.25, -0.2) is 13.4 Å². The van der Waals surface area contributed by atoms with Crippen molar-refractivity contribution in [1.82, 2.24) is 14.2 Å².